The largest absolute Gasteiger partial charge is 0.378 e. The van der Waals surface area contributed by atoms with Crippen molar-refractivity contribution < 1.29 is 8.42 Å². The van der Waals surface area contributed by atoms with E-state index in [0.29, 0.717) is 5.69 Å². The van der Waals surface area contributed by atoms with Crippen LogP contribution in [0.2, 0.25) is 0 Å². The summed E-state index contributed by atoms with van der Waals surface area (Å²) in [5.74, 6) is 0. The van der Waals surface area contributed by atoms with Gasteiger partial charge in [-0.2, -0.15) is 0 Å². The predicted molar refractivity (Wildman–Crippen MR) is 87.5 cm³/mol. The molecule has 0 saturated heterocycles. The first-order valence-electron chi connectivity index (χ1n) is 6.67. The molecular formula is C16H20N2O2S. The zero-order chi connectivity index (χ0) is 15.6. The maximum atomic E-state index is 12.4. The quantitative estimate of drug-likeness (QED) is 0.944. The summed E-state index contributed by atoms with van der Waals surface area (Å²) in [6, 6.07) is 12.5. The van der Waals surface area contributed by atoms with Crippen molar-refractivity contribution in [2.75, 3.05) is 23.7 Å². The highest BCUT2D eigenvalue weighted by Gasteiger charge is 2.15. The predicted octanol–water partition coefficient (Wildman–Crippen LogP) is 3.17. The van der Waals surface area contributed by atoms with E-state index >= 15 is 0 Å². The van der Waals surface area contributed by atoms with Gasteiger partial charge < -0.3 is 4.90 Å². The third-order valence-electron chi connectivity index (χ3n) is 3.31. The Bertz CT molecular complexity index is 735. The van der Waals surface area contributed by atoms with Gasteiger partial charge in [-0.05, 0) is 43.7 Å². The van der Waals surface area contributed by atoms with E-state index < -0.39 is 10.0 Å². The summed E-state index contributed by atoms with van der Waals surface area (Å²) in [6.45, 7) is 3.81. The van der Waals surface area contributed by atoms with Crippen LogP contribution >= 0.6 is 0 Å². The number of nitrogens with one attached hydrogen (secondary N) is 1. The Hall–Kier alpha value is -2.01. The summed E-state index contributed by atoms with van der Waals surface area (Å²) < 4.78 is 27.5. The highest BCUT2D eigenvalue weighted by Crippen LogP contribution is 2.24. The van der Waals surface area contributed by atoms with Gasteiger partial charge >= 0.3 is 0 Å². The van der Waals surface area contributed by atoms with E-state index in [1.54, 1.807) is 24.3 Å². The lowest BCUT2D eigenvalue weighted by Crippen LogP contribution is -2.15. The molecule has 0 fully saturated rings. The molecule has 5 heteroatoms. The van der Waals surface area contributed by atoms with Crippen molar-refractivity contribution >= 4 is 21.4 Å². The molecule has 21 heavy (non-hydrogen) atoms. The van der Waals surface area contributed by atoms with Crippen LogP contribution in [0.3, 0.4) is 0 Å². The molecule has 2 aromatic rings. The zero-order valence-corrected chi connectivity index (χ0v) is 13.5. The van der Waals surface area contributed by atoms with Crippen LogP contribution in [0.4, 0.5) is 11.4 Å². The molecule has 0 heterocycles. The van der Waals surface area contributed by atoms with Gasteiger partial charge in [0.2, 0.25) is 0 Å². The molecule has 0 unspecified atom stereocenters. The van der Waals surface area contributed by atoms with Gasteiger partial charge in [-0.25, -0.2) is 8.42 Å². The molecule has 1 N–H and O–H groups in total. The van der Waals surface area contributed by atoms with E-state index in [1.807, 2.05) is 51.0 Å². The summed E-state index contributed by atoms with van der Waals surface area (Å²) in [5.41, 5.74) is 3.46. The maximum absolute atomic E-state index is 12.4. The summed E-state index contributed by atoms with van der Waals surface area (Å²) in [6.07, 6.45) is 0. The molecule has 2 rings (SSSR count). The highest BCUT2D eigenvalue weighted by atomic mass is 32.2. The van der Waals surface area contributed by atoms with Crippen molar-refractivity contribution in [2.24, 2.45) is 0 Å². The lowest BCUT2D eigenvalue weighted by molar-refractivity contribution is 0.601. The third-order valence-corrected chi connectivity index (χ3v) is 4.69. The molecule has 0 aromatic heterocycles. The monoisotopic (exact) mass is 304 g/mol. The topological polar surface area (TPSA) is 49.4 Å². The van der Waals surface area contributed by atoms with Gasteiger partial charge in [-0.3, -0.25) is 4.72 Å². The minimum Gasteiger partial charge on any atom is -0.378 e. The minimum absolute atomic E-state index is 0.266. The number of anilines is 2. The summed E-state index contributed by atoms with van der Waals surface area (Å²) in [7, 11) is 0.276. The normalized spacial score (nSPS) is 11.2. The van der Waals surface area contributed by atoms with Crippen LogP contribution in [-0.4, -0.2) is 22.5 Å². The van der Waals surface area contributed by atoms with Gasteiger partial charge in [0.15, 0.2) is 0 Å². The van der Waals surface area contributed by atoms with Crippen molar-refractivity contribution in [1.82, 2.24) is 0 Å². The van der Waals surface area contributed by atoms with E-state index in [9.17, 15) is 8.42 Å². The molecule has 0 amide bonds. The first-order chi connectivity index (χ1) is 9.79. The minimum atomic E-state index is -3.56. The maximum Gasteiger partial charge on any atom is 0.261 e. The van der Waals surface area contributed by atoms with Crippen LogP contribution in [0.25, 0.3) is 0 Å². The molecule has 0 aliphatic carbocycles. The van der Waals surface area contributed by atoms with Gasteiger partial charge in [-0.15, -0.1) is 0 Å². The summed E-state index contributed by atoms with van der Waals surface area (Å²) >= 11 is 0. The zero-order valence-electron chi connectivity index (χ0n) is 12.7. The van der Waals surface area contributed by atoms with Crippen molar-refractivity contribution in [3.63, 3.8) is 0 Å². The number of sulfonamides is 1. The molecular weight excluding hydrogens is 284 g/mol. The fourth-order valence-corrected chi connectivity index (χ4v) is 3.04. The molecule has 112 valence electrons. The van der Waals surface area contributed by atoms with E-state index in [2.05, 4.69) is 4.72 Å². The Kier molecular flexibility index (Phi) is 4.23. The average molecular weight is 304 g/mol. The Balaban J connectivity index is 2.36. The first kappa shape index (κ1) is 15.4. The second-order valence-corrected chi connectivity index (χ2v) is 6.99. The molecule has 0 aliphatic rings. The molecule has 0 bridgehead atoms. The van der Waals surface area contributed by atoms with Gasteiger partial charge in [0, 0.05) is 19.8 Å². The van der Waals surface area contributed by atoms with Gasteiger partial charge in [0.05, 0.1) is 10.6 Å². The second kappa shape index (κ2) is 5.77. The van der Waals surface area contributed by atoms with Crippen LogP contribution in [0.1, 0.15) is 11.1 Å². The van der Waals surface area contributed by atoms with Crippen LogP contribution in [0.5, 0.6) is 0 Å². The second-order valence-electron chi connectivity index (χ2n) is 5.31. The van der Waals surface area contributed by atoms with Crippen molar-refractivity contribution in [3.05, 3.63) is 53.6 Å². The SMILES string of the molecule is Cc1ccc(S(=O)(=O)Nc2cc(N(C)C)ccc2C)cc1. The lowest BCUT2D eigenvalue weighted by atomic mass is 10.2. The van der Waals surface area contributed by atoms with Crippen LogP contribution in [-0.2, 0) is 10.0 Å². The molecule has 0 radical (unpaired) electrons. The van der Waals surface area contributed by atoms with Gasteiger partial charge in [0.1, 0.15) is 0 Å². The standard InChI is InChI=1S/C16H20N2O2S/c1-12-5-9-15(10-6-12)21(19,20)17-16-11-14(18(3)4)8-7-13(16)2/h5-11,17H,1-4H3. The number of hydrogen-bond donors (Lipinski definition) is 1. The van der Waals surface area contributed by atoms with E-state index in [0.717, 1.165) is 16.8 Å². The van der Waals surface area contributed by atoms with Crippen LogP contribution < -0.4 is 9.62 Å². The van der Waals surface area contributed by atoms with Crippen LogP contribution in [0.15, 0.2) is 47.4 Å². The highest BCUT2D eigenvalue weighted by molar-refractivity contribution is 7.92. The molecule has 2 aromatic carbocycles. The molecule has 0 spiro atoms. The molecule has 0 aliphatic heterocycles. The van der Waals surface area contributed by atoms with Gasteiger partial charge in [-0.1, -0.05) is 23.8 Å². The van der Waals surface area contributed by atoms with E-state index in [-0.39, 0.29) is 4.90 Å². The van der Waals surface area contributed by atoms with E-state index in [1.165, 1.54) is 0 Å². The number of rotatable bonds is 4. The van der Waals surface area contributed by atoms with Crippen LogP contribution in [0, 0.1) is 13.8 Å². The average Bonchev–Trinajstić information content (AvgIpc) is 2.41. The summed E-state index contributed by atoms with van der Waals surface area (Å²) in [4.78, 5) is 2.20. The number of nitrogens with zero attached hydrogens (tertiary/aromatic N) is 1. The van der Waals surface area contributed by atoms with Crippen molar-refractivity contribution in [1.29, 1.82) is 0 Å². The number of hydrogen-bond acceptors (Lipinski definition) is 3. The fourth-order valence-electron chi connectivity index (χ4n) is 1.92. The van der Waals surface area contributed by atoms with Crippen molar-refractivity contribution in [2.45, 2.75) is 18.7 Å². The Labute approximate surface area is 126 Å². The van der Waals surface area contributed by atoms with Crippen molar-refractivity contribution in [3.8, 4) is 0 Å². The summed E-state index contributed by atoms with van der Waals surface area (Å²) in [5, 5.41) is 0. The number of benzene rings is 2. The Morgan fingerprint density at radius 3 is 2.14 bits per heavy atom. The Morgan fingerprint density at radius 1 is 0.952 bits per heavy atom. The lowest BCUT2D eigenvalue weighted by Gasteiger charge is -2.16. The first-order valence-corrected chi connectivity index (χ1v) is 8.15. The molecule has 0 atom stereocenters. The third kappa shape index (κ3) is 3.55. The Morgan fingerprint density at radius 2 is 1.57 bits per heavy atom. The fraction of sp³-hybridized carbons (Fsp3) is 0.250. The molecule has 4 nitrogen and oxygen atoms in total. The van der Waals surface area contributed by atoms with Gasteiger partial charge in [0.25, 0.3) is 10.0 Å². The van der Waals surface area contributed by atoms with E-state index in [4.69, 9.17) is 0 Å². The number of aryl methyl sites for hydroxylation is 2. The molecule has 0 saturated carbocycles. The smallest absolute Gasteiger partial charge is 0.261 e.